The molecule has 0 saturated carbocycles. The van der Waals surface area contributed by atoms with Gasteiger partial charge < -0.3 is 15.5 Å². The Hall–Kier alpha value is -1.56. The van der Waals surface area contributed by atoms with Crippen molar-refractivity contribution in [2.45, 2.75) is 39.7 Å². The number of hydrogen-bond acceptors (Lipinski definition) is 3. The number of nitrogens with zero attached hydrogens (tertiary/aromatic N) is 2. The summed E-state index contributed by atoms with van der Waals surface area (Å²) in [5, 5.41) is 6.62. The number of aryl methyl sites for hydroxylation is 1. The van der Waals surface area contributed by atoms with Crippen LogP contribution in [-0.4, -0.2) is 50.0 Å². The Balaban J connectivity index is 2.49. The first-order valence-corrected chi connectivity index (χ1v) is 8.54. The van der Waals surface area contributed by atoms with Crippen LogP contribution in [0.25, 0.3) is 0 Å². The van der Waals surface area contributed by atoms with Gasteiger partial charge in [0.1, 0.15) is 0 Å². The number of carbonyl (C=O) groups is 1. The number of guanidine groups is 1. The van der Waals surface area contributed by atoms with Gasteiger partial charge in [-0.3, -0.25) is 9.79 Å². The van der Waals surface area contributed by atoms with Crippen molar-refractivity contribution in [2.24, 2.45) is 4.99 Å². The summed E-state index contributed by atoms with van der Waals surface area (Å²) in [5.74, 6) is 0.872. The molecule has 1 aromatic rings. The van der Waals surface area contributed by atoms with E-state index in [0.29, 0.717) is 19.0 Å². The standard InChI is InChI=1S/C16H28N4OS/c1-6-17-16(18-10-9-15(21)20(4)5)19-12(2)11-14-8-7-13(3)22-14/h7-8,12H,6,9-11H2,1-5H3,(H2,17,18,19). The number of carbonyl (C=O) groups excluding carboxylic acids is 1. The van der Waals surface area contributed by atoms with Crippen LogP contribution in [0.3, 0.4) is 0 Å². The van der Waals surface area contributed by atoms with Crippen LogP contribution in [0.15, 0.2) is 17.1 Å². The second kappa shape index (κ2) is 9.46. The summed E-state index contributed by atoms with van der Waals surface area (Å²) in [5.41, 5.74) is 0. The molecule has 1 unspecified atom stereocenters. The minimum absolute atomic E-state index is 0.0988. The quantitative estimate of drug-likeness (QED) is 0.596. The molecule has 0 saturated heterocycles. The molecule has 1 amide bonds. The van der Waals surface area contributed by atoms with Gasteiger partial charge in [-0.15, -0.1) is 11.3 Å². The van der Waals surface area contributed by atoms with Gasteiger partial charge in [0.15, 0.2) is 5.96 Å². The van der Waals surface area contributed by atoms with Gasteiger partial charge in [0.05, 0.1) is 6.54 Å². The highest BCUT2D eigenvalue weighted by atomic mass is 32.1. The minimum atomic E-state index is 0.0988. The third-order valence-corrected chi connectivity index (χ3v) is 4.15. The molecule has 5 nitrogen and oxygen atoms in total. The highest BCUT2D eigenvalue weighted by molar-refractivity contribution is 7.11. The maximum Gasteiger partial charge on any atom is 0.223 e. The van der Waals surface area contributed by atoms with Crippen molar-refractivity contribution in [1.82, 2.24) is 15.5 Å². The molecule has 0 spiro atoms. The molecule has 0 aliphatic heterocycles. The fraction of sp³-hybridized carbons (Fsp3) is 0.625. The third kappa shape index (κ3) is 6.93. The molecule has 2 N–H and O–H groups in total. The van der Waals surface area contributed by atoms with E-state index >= 15 is 0 Å². The summed E-state index contributed by atoms with van der Waals surface area (Å²) in [7, 11) is 3.53. The van der Waals surface area contributed by atoms with Gasteiger partial charge in [-0.1, -0.05) is 0 Å². The lowest BCUT2D eigenvalue weighted by atomic mass is 10.2. The van der Waals surface area contributed by atoms with Gasteiger partial charge >= 0.3 is 0 Å². The summed E-state index contributed by atoms with van der Waals surface area (Å²) in [6.07, 6.45) is 1.40. The molecule has 1 atom stereocenters. The van der Waals surface area contributed by atoms with Crippen molar-refractivity contribution in [2.75, 3.05) is 27.2 Å². The van der Waals surface area contributed by atoms with Crippen molar-refractivity contribution in [3.63, 3.8) is 0 Å². The normalized spacial score (nSPS) is 12.9. The maximum atomic E-state index is 11.6. The Morgan fingerprint density at radius 2 is 2.14 bits per heavy atom. The Kier molecular flexibility index (Phi) is 7.95. The van der Waals surface area contributed by atoms with Crippen LogP contribution in [0.5, 0.6) is 0 Å². The zero-order valence-electron chi connectivity index (χ0n) is 14.3. The van der Waals surface area contributed by atoms with E-state index in [1.54, 1.807) is 19.0 Å². The third-order valence-electron chi connectivity index (χ3n) is 3.13. The average Bonchev–Trinajstić information content (AvgIpc) is 2.83. The molecule has 1 aromatic heterocycles. The molecular weight excluding hydrogens is 296 g/mol. The number of hydrogen-bond donors (Lipinski definition) is 2. The second-order valence-electron chi connectivity index (χ2n) is 5.56. The summed E-state index contributed by atoms with van der Waals surface area (Å²) in [6.45, 7) is 7.61. The highest BCUT2D eigenvalue weighted by Gasteiger charge is 2.08. The van der Waals surface area contributed by atoms with E-state index < -0.39 is 0 Å². The number of thiophene rings is 1. The number of nitrogens with one attached hydrogen (secondary N) is 2. The van der Waals surface area contributed by atoms with Crippen molar-refractivity contribution in [3.05, 3.63) is 21.9 Å². The van der Waals surface area contributed by atoms with E-state index in [0.717, 1.165) is 18.9 Å². The van der Waals surface area contributed by atoms with Crippen LogP contribution >= 0.6 is 11.3 Å². The molecule has 0 aliphatic rings. The van der Waals surface area contributed by atoms with Gasteiger partial charge in [-0.05, 0) is 32.9 Å². The summed E-state index contributed by atoms with van der Waals surface area (Å²) in [6, 6.07) is 4.62. The molecule has 124 valence electrons. The molecule has 0 radical (unpaired) electrons. The molecule has 22 heavy (non-hydrogen) atoms. The maximum absolute atomic E-state index is 11.6. The SMILES string of the molecule is CCNC(=NCCC(=O)N(C)C)NC(C)Cc1ccc(C)s1. The number of aliphatic imine (C=N–C) groups is 1. The molecule has 0 aromatic carbocycles. The van der Waals surface area contributed by atoms with E-state index in [4.69, 9.17) is 0 Å². The summed E-state index contributed by atoms with van der Waals surface area (Å²) >= 11 is 1.83. The Labute approximate surface area is 137 Å². The predicted molar refractivity (Wildman–Crippen MR) is 94.6 cm³/mol. The summed E-state index contributed by atoms with van der Waals surface area (Å²) in [4.78, 5) is 20.3. The fourth-order valence-electron chi connectivity index (χ4n) is 1.99. The Morgan fingerprint density at radius 3 is 2.68 bits per heavy atom. The first-order chi connectivity index (χ1) is 10.4. The first kappa shape index (κ1) is 18.5. The lowest BCUT2D eigenvalue weighted by Crippen LogP contribution is -2.43. The van der Waals surface area contributed by atoms with E-state index in [2.05, 4.69) is 41.6 Å². The number of rotatable bonds is 7. The minimum Gasteiger partial charge on any atom is -0.357 e. The largest absolute Gasteiger partial charge is 0.357 e. The molecule has 0 bridgehead atoms. The topological polar surface area (TPSA) is 56.7 Å². The molecular formula is C16H28N4OS. The van der Waals surface area contributed by atoms with Crippen LogP contribution in [0.1, 0.15) is 30.0 Å². The molecule has 0 aliphatic carbocycles. The molecule has 1 heterocycles. The Morgan fingerprint density at radius 1 is 1.41 bits per heavy atom. The van der Waals surface area contributed by atoms with E-state index in [9.17, 15) is 4.79 Å². The molecule has 0 fully saturated rings. The lowest BCUT2D eigenvalue weighted by Gasteiger charge is -2.17. The molecule has 1 rings (SSSR count). The van der Waals surface area contributed by atoms with Crippen molar-refractivity contribution < 1.29 is 4.79 Å². The zero-order chi connectivity index (χ0) is 16.5. The van der Waals surface area contributed by atoms with Crippen LogP contribution in [0.4, 0.5) is 0 Å². The molecule has 6 heteroatoms. The van der Waals surface area contributed by atoms with Gasteiger partial charge in [-0.2, -0.15) is 0 Å². The van der Waals surface area contributed by atoms with Gasteiger partial charge in [0.2, 0.25) is 5.91 Å². The average molecular weight is 324 g/mol. The van der Waals surface area contributed by atoms with Crippen molar-refractivity contribution in [3.8, 4) is 0 Å². The van der Waals surface area contributed by atoms with E-state index in [1.807, 2.05) is 18.3 Å². The highest BCUT2D eigenvalue weighted by Crippen LogP contribution is 2.16. The zero-order valence-corrected chi connectivity index (χ0v) is 15.1. The predicted octanol–water partition coefficient (Wildman–Crippen LogP) is 2.02. The van der Waals surface area contributed by atoms with Gasteiger partial charge in [0, 0.05) is 49.3 Å². The van der Waals surface area contributed by atoms with Crippen LogP contribution in [0.2, 0.25) is 0 Å². The van der Waals surface area contributed by atoms with Crippen LogP contribution in [0, 0.1) is 6.92 Å². The van der Waals surface area contributed by atoms with Crippen molar-refractivity contribution in [1.29, 1.82) is 0 Å². The summed E-state index contributed by atoms with van der Waals surface area (Å²) < 4.78 is 0. The lowest BCUT2D eigenvalue weighted by molar-refractivity contribution is -0.128. The number of amides is 1. The van der Waals surface area contributed by atoms with Crippen LogP contribution < -0.4 is 10.6 Å². The van der Waals surface area contributed by atoms with Crippen LogP contribution in [-0.2, 0) is 11.2 Å². The van der Waals surface area contributed by atoms with Gasteiger partial charge in [0.25, 0.3) is 0 Å². The second-order valence-corrected chi connectivity index (χ2v) is 6.93. The van der Waals surface area contributed by atoms with E-state index in [1.165, 1.54) is 9.75 Å². The monoisotopic (exact) mass is 324 g/mol. The van der Waals surface area contributed by atoms with Crippen molar-refractivity contribution >= 4 is 23.2 Å². The first-order valence-electron chi connectivity index (χ1n) is 7.72. The fourth-order valence-corrected chi connectivity index (χ4v) is 3.01. The Bertz CT molecular complexity index is 496. The van der Waals surface area contributed by atoms with E-state index in [-0.39, 0.29) is 5.91 Å². The smallest absolute Gasteiger partial charge is 0.223 e. The van der Waals surface area contributed by atoms with Gasteiger partial charge in [-0.25, -0.2) is 0 Å².